The molecule has 0 bridgehead atoms. The molecule has 0 unspecified atom stereocenters. The molecule has 1 heterocycles. The summed E-state index contributed by atoms with van der Waals surface area (Å²) >= 11 is 0. The zero-order valence-electron chi connectivity index (χ0n) is 14.5. The number of nitrogens with one attached hydrogen (secondary N) is 1. The van der Waals surface area contributed by atoms with E-state index in [9.17, 15) is 4.79 Å². The van der Waals surface area contributed by atoms with Gasteiger partial charge in [-0.3, -0.25) is 4.79 Å². The normalized spacial score (nSPS) is 10.5. The van der Waals surface area contributed by atoms with Crippen molar-refractivity contribution in [2.75, 3.05) is 19.0 Å². The number of carbonyl (C=O) groups excluding carboxylic acids is 1. The van der Waals surface area contributed by atoms with Crippen LogP contribution in [0, 0.1) is 0 Å². The second-order valence-corrected chi connectivity index (χ2v) is 5.69. The number of anilines is 1. The van der Waals surface area contributed by atoms with Crippen molar-refractivity contribution in [2.24, 2.45) is 0 Å². The number of methoxy groups -OCH3 is 1. The smallest absolute Gasteiger partial charge is 0.250 e. The second kappa shape index (κ2) is 8.78. The lowest BCUT2D eigenvalue weighted by Gasteiger charge is -2.19. The van der Waals surface area contributed by atoms with Crippen LogP contribution in [0.4, 0.5) is 5.69 Å². The number of nitrogens with zero attached hydrogens (tertiary/aromatic N) is 1. The number of hydrogen-bond donors (Lipinski definition) is 1. The molecular formula is C21H20N2O3. The van der Waals surface area contributed by atoms with E-state index in [1.807, 2.05) is 60.7 Å². The summed E-state index contributed by atoms with van der Waals surface area (Å²) in [6, 6.07) is 23.5. The van der Waals surface area contributed by atoms with Crippen LogP contribution in [0.2, 0.25) is 0 Å². The van der Waals surface area contributed by atoms with E-state index in [1.165, 1.54) is 7.11 Å². The summed E-state index contributed by atoms with van der Waals surface area (Å²) in [5.41, 5.74) is 2.67. The van der Waals surface area contributed by atoms with Gasteiger partial charge in [-0.05, 0) is 17.2 Å². The zero-order chi connectivity index (χ0) is 18.2. The summed E-state index contributed by atoms with van der Waals surface area (Å²) in [5.74, 6) is 0.252. The van der Waals surface area contributed by atoms with E-state index < -0.39 is 0 Å². The standard InChI is InChI=1S/C21H20N2O3/c1-25-15-19(24)23-18-12-13-20(22-14-18)26-21(16-8-4-2-5-9-16)17-10-6-3-7-11-17/h2-14,21H,15H2,1H3,(H,23,24). The lowest BCUT2D eigenvalue weighted by molar-refractivity contribution is -0.119. The Morgan fingerprint density at radius 1 is 0.962 bits per heavy atom. The Hall–Kier alpha value is -3.18. The van der Waals surface area contributed by atoms with Crippen LogP contribution in [0.5, 0.6) is 5.88 Å². The SMILES string of the molecule is COCC(=O)Nc1ccc(OC(c2ccccc2)c2ccccc2)nc1. The fourth-order valence-electron chi connectivity index (χ4n) is 2.56. The first-order valence-electron chi connectivity index (χ1n) is 8.27. The third-order valence-corrected chi connectivity index (χ3v) is 3.74. The number of benzene rings is 2. The second-order valence-electron chi connectivity index (χ2n) is 5.69. The number of aromatic nitrogens is 1. The van der Waals surface area contributed by atoms with Gasteiger partial charge in [-0.15, -0.1) is 0 Å². The zero-order valence-corrected chi connectivity index (χ0v) is 14.5. The Bertz CT molecular complexity index is 781. The number of carbonyl (C=O) groups is 1. The largest absolute Gasteiger partial charge is 0.465 e. The van der Waals surface area contributed by atoms with Crippen molar-refractivity contribution >= 4 is 11.6 Å². The highest BCUT2D eigenvalue weighted by atomic mass is 16.5. The summed E-state index contributed by atoms with van der Waals surface area (Å²) in [5, 5.41) is 2.70. The van der Waals surface area contributed by atoms with E-state index in [-0.39, 0.29) is 18.6 Å². The molecule has 3 aromatic rings. The minimum absolute atomic E-state index is 0.00232. The van der Waals surface area contributed by atoms with E-state index in [0.29, 0.717) is 11.6 Å². The van der Waals surface area contributed by atoms with Gasteiger partial charge < -0.3 is 14.8 Å². The van der Waals surface area contributed by atoms with E-state index in [0.717, 1.165) is 11.1 Å². The molecule has 0 radical (unpaired) electrons. The Balaban J connectivity index is 1.78. The first-order chi connectivity index (χ1) is 12.8. The molecule has 0 saturated carbocycles. The molecule has 1 amide bonds. The van der Waals surface area contributed by atoms with Crippen molar-refractivity contribution in [3.63, 3.8) is 0 Å². The van der Waals surface area contributed by atoms with E-state index in [4.69, 9.17) is 9.47 Å². The minimum Gasteiger partial charge on any atom is -0.465 e. The van der Waals surface area contributed by atoms with Gasteiger partial charge in [0, 0.05) is 13.2 Å². The molecule has 1 aromatic heterocycles. The molecule has 3 rings (SSSR count). The van der Waals surface area contributed by atoms with Crippen molar-refractivity contribution < 1.29 is 14.3 Å². The molecule has 0 spiro atoms. The highest BCUT2D eigenvalue weighted by molar-refractivity contribution is 5.91. The Kier molecular flexibility index (Phi) is 5.96. The van der Waals surface area contributed by atoms with Crippen LogP contribution in [-0.4, -0.2) is 24.6 Å². The molecule has 0 aliphatic rings. The van der Waals surface area contributed by atoms with Gasteiger partial charge in [0.05, 0.1) is 11.9 Å². The molecule has 0 aliphatic carbocycles. The van der Waals surface area contributed by atoms with Crippen LogP contribution in [0.25, 0.3) is 0 Å². The maximum atomic E-state index is 11.6. The highest BCUT2D eigenvalue weighted by Gasteiger charge is 2.16. The van der Waals surface area contributed by atoms with Crippen LogP contribution in [-0.2, 0) is 9.53 Å². The third-order valence-electron chi connectivity index (χ3n) is 3.74. The van der Waals surface area contributed by atoms with E-state index in [2.05, 4.69) is 10.3 Å². The molecule has 26 heavy (non-hydrogen) atoms. The van der Waals surface area contributed by atoms with Gasteiger partial charge in [0.15, 0.2) is 6.10 Å². The molecule has 0 atom stereocenters. The van der Waals surface area contributed by atoms with Crippen LogP contribution < -0.4 is 10.1 Å². The van der Waals surface area contributed by atoms with E-state index >= 15 is 0 Å². The monoisotopic (exact) mass is 348 g/mol. The van der Waals surface area contributed by atoms with Crippen LogP contribution in [0.3, 0.4) is 0 Å². The Morgan fingerprint density at radius 3 is 2.08 bits per heavy atom. The van der Waals surface area contributed by atoms with Crippen LogP contribution in [0.15, 0.2) is 79.0 Å². The topological polar surface area (TPSA) is 60.5 Å². The number of amides is 1. The van der Waals surface area contributed by atoms with Crippen molar-refractivity contribution in [1.82, 2.24) is 4.98 Å². The first kappa shape index (κ1) is 17.6. The van der Waals surface area contributed by atoms with E-state index in [1.54, 1.807) is 18.3 Å². The Morgan fingerprint density at radius 2 is 1.58 bits per heavy atom. The summed E-state index contributed by atoms with van der Waals surface area (Å²) in [7, 11) is 1.47. The fraction of sp³-hybridized carbons (Fsp3) is 0.143. The average Bonchev–Trinajstić information content (AvgIpc) is 2.69. The Labute approximate surface area is 152 Å². The predicted octanol–water partition coefficient (Wildman–Crippen LogP) is 3.83. The summed E-state index contributed by atoms with van der Waals surface area (Å²) < 4.78 is 10.9. The summed E-state index contributed by atoms with van der Waals surface area (Å²) in [6.07, 6.45) is 1.30. The van der Waals surface area contributed by atoms with Gasteiger partial charge in [-0.2, -0.15) is 0 Å². The molecule has 5 heteroatoms. The lowest BCUT2D eigenvalue weighted by atomic mass is 10.0. The van der Waals surface area contributed by atoms with Crippen molar-refractivity contribution in [2.45, 2.75) is 6.10 Å². The third kappa shape index (κ3) is 4.68. The van der Waals surface area contributed by atoms with Gasteiger partial charge in [-0.1, -0.05) is 60.7 Å². The highest BCUT2D eigenvalue weighted by Crippen LogP contribution is 2.27. The molecule has 0 aliphatic heterocycles. The van der Waals surface area contributed by atoms with Gasteiger partial charge >= 0.3 is 0 Å². The van der Waals surface area contributed by atoms with Gasteiger partial charge in [0.1, 0.15) is 6.61 Å². The predicted molar refractivity (Wildman–Crippen MR) is 100 cm³/mol. The average molecular weight is 348 g/mol. The number of ether oxygens (including phenoxy) is 2. The molecule has 132 valence electrons. The van der Waals surface area contributed by atoms with Crippen molar-refractivity contribution in [1.29, 1.82) is 0 Å². The molecule has 1 N–H and O–H groups in total. The molecule has 2 aromatic carbocycles. The van der Waals surface area contributed by atoms with Gasteiger partial charge in [0.2, 0.25) is 11.8 Å². The van der Waals surface area contributed by atoms with Gasteiger partial charge in [0.25, 0.3) is 0 Å². The van der Waals surface area contributed by atoms with Gasteiger partial charge in [-0.25, -0.2) is 4.98 Å². The molecule has 0 fully saturated rings. The molecular weight excluding hydrogens is 328 g/mol. The number of hydrogen-bond acceptors (Lipinski definition) is 4. The number of pyridine rings is 1. The number of rotatable bonds is 7. The van der Waals surface area contributed by atoms with Crippen LogP contribution in [0.1, 0.15) is 17.2 Å². The van der Waals surface area contributed by atoms with Crippen LogP contribution >= 0.6 is 0 Å². The maximum absolute atomic E-state index is 11.6. The quantitative estimate of drug-likeness (QED) is 0.705. The molecule has 0 saturated heterocycles. The maximum Gasteiger partial charge on any atom is 0.250 e. The summed E-state index contributed by atoms with van der Waals surface area (Å²) in [4.78, 5) is 15.9. The summed E-state index contributed by atoms with van der Waals surface area (Å²) in [6.45, 7) is 0.00232. The molecule has 5 nitrogen and oxygen atoms in total. The van der Waals surface area contributed by atoms with Crippen molar-refractivity contribution in [3.8, 4) is 5.88 Å². The lowest BCUT2D eigenvalue weighted by Crippen LogP contribution is -2.17. The fourth-order valence-corrected chi connectivity index (χ4v) is 2.56. The minimum atomic E-state index is -0.265. The first-order valence-corrected chi connectivity index (χ1v) is 8.27. The van der Waals surface area contributed by atoms with Crippen molar-refractivity contribution in [3.05, 3.63) is 90.1 Å².